The standard InChI is InChI=1S/C9H14N2O5S/c1-5(12)8(9(15)16)10-6(13)2-11-4-17-3-7(11)14/h5,8,12H,2-4H2,1H3,(H,10,13)(H,15,16)/t5-,8+/m1/s1. The van der Waals surface area contributed by atoms with E-state index in [1.807, 2.05) is 0 Å². The van der Waals surface area contributed by atoms with Crippen molar-refractivity contribution in [1.82, 2.24) is 10.2 Å². The average Bonchev–Trinajstić information content (AvgIpc) is 2.60. The van der Waals surface area contributed by atoms with E-state index in [9.17, 15) is 14.4 Å². The van der Waals surface area contributed by atoms with E-state index in [1.165, 1.54) is 23.6 Å². The van der Waals surface area contributed by atoms with Gasteiger partial charge in [0.2, 0.25) is 11.8 Å². The molecule has 1 aliphatic heterocycles. The molecule has 2 amide bonds. The second-order valence-electron chi connectivity index (χ2n) is 3.69. The van der Waals surface area contributed by atoms with Crippen molar-refractivity contribution in [3.63, 3.8) is 0 Å². The number of nitrogens with zero attached hydrogens (tertiary/aromatic N) is 1. The predicted molar refractivity (Wildman–Crippen MR) is 60.3 cm³/mol. The molecule has 0 spiro atoms. The molecule has 1 fully saturated rings. The highest BCUT2D eigenvalue weighted by atomic mass is 32.2. The molecule has 0 aromatic carbocycles. The second-order valence-corrected chi connectivity index (χ2v) is 4.65. The third-order valence-electron chi connectivity index (χ3n) is 2.22. The highest BCUT2D eigenvalue weighted by molar-refractivity contribution is 8.00. The van der Waals surface area contributed by atoms with Crippen LogP contribution in [0.5, 0.6) is 0 Å². The van der Waals surface area contributed by atoms with E-state index in [1.54, 1.807) is 0 Å². The number of amides is 2. The van der Waals surface area contributed by atoms with Crippen molar-refractivity contribution in [2.24, 2.45) is 0 Å². The Morgan fingerprint density at radius 1 is 1.59 bits per heavy atom. The summed E-state index contributed by atoms with van der Waals surface area (Å²) in [6, 6.07) is -1.35. The first kappa shape index (κ1) is 13.8. The van der Waals surface area contributed by atoms with Gasteiger partial charge in [0.15, 0.2) is 6.04 Å². The molecule has 1 aliphatic rings. The number of hydrogen-bond donors (Lipinski definition) is 3. The first-order valence-corrected chi connectivity index (χ1v) is 6.13. The van der Waals surface area contributed by atoms with Crippen LogP contribution in [0.4, 0.5) is 0 Å². The van der Waals surface area contributed by atoms with E-state index < -0.39 is 24.0 Å². The molecule has 0 aromatic rings. The Bertz CT molecular complexity index is 333. The summed E-state index contributed by atoms with van der Waals surface area (Å²) in [5, 5.41) is 20.1. The van der Waals surface area contributed by atoms with Gasteiger partial charge in [-0.2, -0.15) is 0 Å². The molecule has 0 saturated carbocycles. The van der Waals surface area contributed by atoms with E-state index >= 15 is 0 Å². The lowest BCUT2D eigenvalue weighted by atomic mass is 10.2. The van der Waals surface area contributed by atoms with Crippen LogP contribution in [0.2, 0.25) is 0 Å². The van der Waals surface area contributed by atoms with Crippen LogP contribution >= 0.6 is 11.8 Å². The van der Waals surface area contributed by atoms with Gasteiger partial charge in [0.05, 0.1) is 17.7 Å². The Morgan fingerprint density at radius 2 is 2.24 bits per heavy atom. The van der Waals surface area contributed by atoms with Gasteiger partial charge in [-0.3, -0.25) is 9.59 Å². The van der Waals surface area contributed by atoms with Crippen molar-refractivity contribution in [3.8, 4) is 0 Å². The Kier molecular flexibility index (Phi) is 4.76. The van der Waals surface area contributed by atoms with Crippen molar-refractivity contribution in [3.05, 3.63) is 0 Å². The van der Waals surface area contributed by atoms with Gasteiger partial charge in [0.1, 0.15) is 6.54 Å². The van der Waals surface area contributed by atoms with Crippen LogP contribution in [-0.4, -0.2) is 63.2 Å². The fraction of sp³-hybridized carbons (Fsp3) is 0.667. The number of aliphatic hydroxyl groups is 1. The minimum atomic E-state index is -1.35. The molecule has 0 aromatic heterocycles. The van der Waals surface area contributed by atoms with Crippen LogP contribution in [-0.2, 0) is 14.4 Å². The second kappa shape index (κ2) is 5.87. The lowest BCUT2D eigenvalue weighted by Crippen LogP contribution is -2.50. The van der Waals surface area contributed by atoms with Gasteiger partial charge in [0.25, 0.3) is 0 Å². The van der Waals surface area contributed by atoms with E-state index in [4.69, 9.17) is 10.2 Å². The molecule has 0 radical (unpaired) electrons. The fourth-order valence-corrected chi connectivity index (χ4v) is 2.23. The number of hydrogen-bond acceptors (Lipinski definition) is 5. The molecule has 17 heavy (non-hydrogen) atoms. The molecule has 0 bridgehead atoms. The summed E-state index contributed by atoms with van der Waals surface area (Å²) >= 11 is 1.39. The maximum absolute atomic E-state index is 11.5. The number of carboxylic acids is 1. The van der Waals surface area contributed by atoms with Crippen molar-refractivity contribution in [1.29, 1.82) is 0 Å². The summed E-state index contributed by atoms with van der Waals surface area (Å²) in [6.45, 7) is 1.10. The molecular formula is C9H14N2O5S. The van der Waals surface area contributed by atoms with Gasteiger partial charge in [-0.05, 0) is 6.92 Å². The highest BCUT2D eigenvalue weighted by Crippen LogP contribution is 2.13. The van der Waals surface area contributed by atoms with Crippen LogP contribution in [0.25, 0.3) is 0 Å². The first-order valence-electron chi connectivity index (χ1n) is 4.97. The average molecular weight is 262 g/mol. The number of aliphatic hydroxyl groups excluding tert-OH is 1. The zero-order chi connectivity index (χ0) is 13.0. The van der Waals surface area contributed by atoms with Gasteiger partial charge in [-0.15, -0.1) is 11.8 Å². The lowest BCUT2D eigenvalue weighted by molar-refractivity contribution is -0.145. The summed E-state index contributed by atoms with van der Waals surface area (Å²) in [7, 11) is 0. The molecule has 0 aliphatic carbocycles. The Labute approximate surface area is 102 Å². The van der Waals surface area contributed by atoms with Crippen LogP contribution < -0.4 is 5.32 Å². The maximum atomic E-state index is 11.5. The molecule has 8 heteroatoms. The minimum absolute atomic E-state index is 0.144. The minimum Gasteiger partial charge on any atom is -0.480 e. The topological polar surface area (TPSA) is 107 Å². The quantitative estimate of drug-likeness (QED) is 0.555. The Morgan fingerprint density at radius 3 is 2.65 bits per heavy atom. The number of thioether (sulfide) groups is 1. The number of carboxylic acid groups (broad SMARTS) is 1. The molecule has 96 valence electrons. The molecule has 0 unspecified atom stereocenters. The molecule has 3 N–H and O–H groups in total. The predicted octanol–water partition coefficient (Wildman–Crippen LogP) is -1.53. The van der Waals surface area contributed by atoms with E-state index in [2.05, 4.69) is 5.32 Å². The molecule has 2 atom stereocenters. The Hall–Kier alpha value is -1.28. The van der Waals surface area contributed by atoms with E-state index in [0.29, 0.717) is 11.6 Å². The molecule has 1 rings (SSSR count). The van der Waals surface area contributed by atoms with Crippen molar-refractivity contribution >= 4 is 29.5 Å². The molecular weight excluding hydrogens is 248 g/mol. The summed E-state index contributed by atoms with van der Waals surface area (Å²) in [5.41, 5.74) is 0. The van der Waals surface area contributed by atoms with Crippen LogP contribution in [0.1, 0.15) is 6.92 Å². The summed E-state index contributed by atoms with van der Waals surface area (Å²) in [6.07, 6.45) is -1.19. The monoisotopic (exact) mass is 262 g/mol. The molecule has 7 nitrogen and oxygen atoms in total. The largest absolute Gasteiger partial charge is 0.480 e. The summed E-state index contributed by atoms with van der Waals surface area (Å²) in [4.78, 5) is 34.8. The van der Waals surface area contributed by atoms with Crippen LogP contribution in [0.15, 0.2) is 0 Å². The molecule has 1 saturated heterocycles. The highest BCUT2D eigenvalue weighted by Gasteiger charge is 2.28. The number of aliphatic carboxylic acids is 1. The van der Waals surface area contributed by atoms with Crippen molar-refractivity contribution in [2.45, 2.75) is 19.1 Å². The number of carbonyl (C=O) groups is 3. The normalized spacial score (nSPS) is 18.9. The summed E-state index contributed by atoms with van der Waals surface area (Å²) in [5.74, 6) is -1.27. The molecule has 1 heterocycles. The zero-order valence-corrected chi connectivity index (χ0v) is 10.1. The lowest BCUT2D eigenvalue weighted by Gasteiger charge is -2.19. The maximum Gasteiger partial charge on any atom is 0.328 e. The van der Waals surface area contributed by atoms with Gasteiger partial charge in [-0.25, -0.2) is 4.79 Å². The number of carbonyl (C=O) groups excluding carboxylic acids is 2. The smallest absolute Gasteiger partial charge is 0.328 e. The zero-order valence-electron chi connectivity index (χ0n) is 9.25. The third kappa shape index (κ3) is 3.90. The number of nitrogens with one attached hydrogen (secondary N) is 1. The van der Waals surface area contributed by atoms with Gasteiger partial charge in [-0.1, -0.05) is 0 Å². The van der Waals surface area contributed by atoms with E-state index in [0.717, 1.165) is 0 Å². The van der Waals surface area contributed by atoms with Crippen LogP contribution in [0.3, 0.4) is 0 Å². The fourth-order valence-electron chi connectivity index (χ4n) is 1.32. The SMILES string of the molecule is C[C@@H](O)[C@H](NC(=O)CN1CSCC1=O)C(=O)O. The number of rotatable bonds is 5. The van der Waals surface area contributed by atoms with Gasteiger partial charge >= 0.3 is 5.97 Å². The van der Waals surface area contributed by atoms with Crippen molar-refractivity contribution < 1.29 is 24.6 Å². The Balaban J connectivity index is 2.47. The van der Waals surface area contributed by atoms with Crippen molar-refractivity contribution in [2.75, 3.05) is 18.2 Å². The summed E-state index contributed by atoms with van der Waals surface area (Å²) < 4.78 is 0. The first-order chi connectivity index (χ1) is 7.91. The van der Waals surface area contributed by atoms with Gasteiger partial charge < -0.3 is 20.4 Å². The third-order valence-corrected chi connectivity index (χ3v) is 3.17. The van der Waals surface area contributed by atoms with E-state index in [-0.39, 0.29) is 12.5 Å². The van der Waals surface area contributed by atoms with Crippen LogP contribution in [0, 0.1) is 0 Å². The van der Waals surface area contributed by atoms with Gasteiger partial charge in [0, 0.05) is 0 Å².